The average molecular weight is 405 g/mol. The van der Waals surface area contributed by atoms with Crippen molar-refractivity contribution in [2.45, 2.75) is 19.3 Å². The number of para-hydroxylation sites is 1. The first-order valence-corrected chi connectivity index (χ1v) is 9.89. The van der Waals surface area contributed by atoms with Gasteiger partial charge in [-0.15, -0.1) is 5.10 Å². The highest BCUT2D eigenvalue weighted by Crippen LogP contribution is 2.17. The van der Waals surface area contributed by atoms with E-state index in [9.17, 15) is 9.59 Å². The molecule has 0 atom stereocenters. The Labute approximate surface area is 173 Å². The smallest absolute Gasteiger partial charge is 0.323 e. The first-order valence-electron chi connectivity index (χ1n) is 9.89. The van der Waals surface area contributed by atoms with Crippen molar-refractivity contribution in [1.29, 1.82) is 0 Å². The number of anilines is 4. The summed E-state index contributed by atoms with van der Waals surface area (Å²) >= 11 is 0. The summed E-state index contributed by atoms with van der Waals surface area (Å²) in [7, 11) is 0. The zero-order chi connectivity index (χ0) is 20.8. The summed E-state index contributed by atoms with van der Waals surface area (Å²) in [5.41, 5.74) is 1.72. The third-order valence-corrected chi connectivity index (χ3v) is 4.78. The Morgan fingerprint density at radius 2 is 1.50 bits per heavy atom. The summed E-state index contributed by atoms with van der Waals surface area (Å²) in [4.78, 5) is 31.0. The van der Waals surface area contributed by atoms with Gasteiger partial charge in [0.15, 0.2) is 0 Å². The molecule has 4 rings (SSSR count). The van der Waals surface area contributed by atoms with Gasteiger partial charge in [0.2, 0.25) is 11.9 Å². The Morgan fingerprint density at radius 3 is 2.20 bits per heavy atom. The topological polar surface area (TPSA) is 115 Å². The van der Waals surface area contributed by atoms with Crippen LogP contribution in [0.4, 0.5) is 28.1 Å². The first kappa shape index (κ1) is 19.4. The number of amides is 3. The highest BCUT2D eigenvalue weighted by atomic mass is 16.2. The van der Waals surface area contributed by atoms with Crippen molar-refractivity contribution in [3.8, 4) is 0 Å². The van der Waals surface area contributed by atoms with Crippen molar-refractivity contribution in [2.24, 2.45) is 0 Å². The van der Waals surface area contributed by atoms with Gasteiger partial charge in [0.1, 0.15) is 0 Å². The molecule has 0 bridgehead atoms. The van der Waals surface area contributed by atoms with E-state index in [0.29, 0.717) is 28.8 Å². The van der Waals surface area contributed by atoms with Crippen molar-refractivity contribution < 1.29 is 9.59 Å². The quantitative estimate of drug-likeness (QED) is 0.517. The van der Waals surface area contributed by atoms with Crippen LogP contribution >= 0.6 is 0 Å². The normalized spacial score (nSPS) is 13.5. The van der Waals surface area contributed by atoms with E-state index >= 15 is 0 Å². The highest BCUT2D eigenvalue weighted by molar-refractivity contribution is 6.04. The van der Waals surface area contributed by atoms with Gasteiger partial charge in [-0.1, -0.05) is 18.2 Å². The average Bonchev–Trinajstić information content (AvgIpc) is 3.24. The monoisotopic (exact) mass is 405 g/mol. The molecule has 1 fully saturated rings. The van der Waals surface area contributed by atoms with Crippen molar-refractivity contribution in [2.75, 3.05) is 33.9 Å². The molecule has 1 aliphatic heterocycles. The maximum absolute atomic E-state index is 12.5. The van der Waals surface area contributed by atoms with Crippen LogP contribution in [0.2, 0.25) is 0 Å². The number of nitrogens with zero attached hydrogens (tertiary/aromatic N) is 3. The standard InChI is InChI=1S/C21H23N7O2/c29-18(24-19-25-20(27-26-19)28-13-5-2-6-14-28)15-9-11-17(12-10-15)23-21(30)22-16-7-3-1-4-8-16/h1,3-4,7-12H,2,5-6,13-14H2,(H2,22,23,30)(H2,24,25,26,27,29). The molecule has 3 aromatic rings. The SMILES string of the molecule is O=C(Nc1ccccc1)Nc1ccc(C(=O)Nc2nc(N3CCCCC3)n[nH]2)cc1. The van der Waals surface area contributed by atoms with E-state index in [1.165, 1.54) is 6.42 Å². The number of urea groups is 1. The highest BCUT2D eigenvalue weighted by Gasteiger charge is 2.16. The number of hydrogen-bond donors (Lipinski definition) is 4. The van der Waals surface area contributed by atoms with Gasteiger partial charge in [-0.3, -0.25) is 10.1 Å². The van der Waals surface area contributed by atoms with Crippen LogP contribution in [-0.4, -0.2) is 40.2 Å². The molecule has 9 nitrogen and oxygen atoms in total. The third kappa shape index (κ3) is 4.93. The molecule has 1 saturated heterocycles. The minimum atomic E-state index is -0.356. The lowest BCUT2D eigenvalue weighted by Crippen LogP contribution is -2.30. The van der Waals surface area contributed by atoms with Gasteiger partial charge in [-0.05, 0) is 55.7 Å². The van der Waals surface area contributed by atoms with E-state index in [1.807, 2.05) is 18.2 Å². The third-order valence-electron chi connectivity index (χ3n) is 4.78. The maximum Gasteiger partial charge on any atom is 0.323 e. The molecular weight excluding hydrogens is 382 g/mol. The van der Waals surface area contributed by atoms with E-state index in [4.69, 9.17) is 0 Å². The van der Waals surface area contributed by atoms with Crippen molar-refractivity contribution in [3.63, 3.8) is 0 Å². The number of nitrogens with one attached hydrogen (secondary N) is 4. The number of piperidine rings is 1. The molecular formula is C21H23N7O2. The molecule has 1 aromatic heterocycles. The second-order valence-corrected chi connectivity index (χ2v) is 7.01. The van der Waals surface area contributed by atoms with Crippen LogP contribution < -0.4 is 20.9 Å². The summed E-state index contributed by atoms with van der Waals surface area (Å²) in [5.74, 6) is 0.607. The van der Waals surface area contributed by atoms with Crippen LogP contribution in [0.15, 0.2) is 54.6 Å². The number of hydrogen-bond acceptors (Lipinski definition) is 5. The molecule has 1 aliphatic rings. The Bertz CT molecular complexity index is 996. The first-order chi connectivity index (χ1) is 14.7. The summed E-state index contributed by atoms with van der Waals surface area (Å²) in [6.07, 6.45) is 3.48. The second-order valence-electron chi connectivity index (χ2n) is 7.01. The zero-order valence-electron chi connectivity index (χ0n) is 16.4. The summed E-state index contributed by atoms with van der Waals surface area (Å²) in [6, 6.07) is 15.4. The Kier molecular flexibility index (Phi) is 5.88. The molecule has 0 radical (unpaired) electrons. The number of benzene rings is 2. The summed E-state index contributed by atoms with van der Waals surface area (Å²) in [6.45, 7) is 1.86. The Hall–Kier alpha value is -3.88. The van der Waals surface area contributed by atoms with Gasteiger partial charge in [0, 0.05) is 30.0 Å². The van der Waals surface area contributed by atoms with E-state index in [2.05, 4.69) is 36.0 Å². The van der Waals surface area contributed by atoms with Crippen LogP contribution in [0, 0.1) is 0 Å². The second kappa shape index (κ2) is 9.08. The van der Waals surface area contributed by atoms with Gasteiger partial charge in [-0.25, -0.2) is 9.89 Å². The van der Waals surface area contributed by atoms with Crippen LogP contribution in [0.1, 0.15) is 29.6 Å². The fourth-order valence-electron chi connectivity index (χ4n) is 3.24. The van der Waals surface area contributed by atoms with E-state index in [-0.39, 0.29) is 11.9 Å². The molecule has 3 amide bonds. The van der Waals surface area contributed by atoms with Gasteiger partial charge in [-0.2, -0.15) is 4.98 Å². The molecule has 2 aromatic carbocycles. The number of aromatic amines is 1. The van der Waals surface area contributed by atoms with Crippen LogP contribution in [0.25, 0.3) is 0 Å². The zero-order valence-corrected chi connectivity index (χ0v) is 16.4. The predicted octanol–water partition coefficient (Wildman–Crippen LogP) is 3.69. The van der Waals surface area contributed by atoms with Crippen LogP contribution in [0.5, 0.6) is 0 Å². The van der Waals surface area contributed by atoms with Crippen LogP contribution in [0.3, 0.4) is 0 Å². The lowest BCUT2D eigenvalue weighted by molar-refractivity contribution is 0.102. The lowest BCUT2D eigenvalue weighted by Gasteiger charge is -2.24. The maximum atomic E-state index is 12.5. The Balaban J connectivity index is 1.31. The predicted molar refractivity (Wildman–Crippen MR) is 116 cm³/mol. The number of carbonyl (C=O) groups excluding carboxylic acids is 2. The van der Waals surface area contributed by atoms with Gasteiger partial charge in [0.25, 0.3) is 5.91 Å². The largest absolute Gasteiger partial charge is 0.340 e. The van der Waals surface area contributed by atoms with Gasteiger partial charge in [0.05, 0.1) is 0 Å². The molecule has 4 N–H and O–H groups in total. The molecule has 0 unspecified atom stereocenters. The van der Waals surface area contributed by atoms with E-state index in [1.54, 1.807) is 36.4 Å². The summed E-state index contributed by atoms with van der Waals surface area (Å²) < 4.78 is 0. The minimum Gasteiger partial charge on any atom is -0.340 e. The van der Waals surface area contributed by atoms with Gasteiger partial charge >= 0.3 is 6.03 Å². The number of aromatic nitrogens is 3. The number of rotatable bonds is 5. The number of H-pyrrole nitrogens is 1. The van der Waals surface area contributed by atoms with E-state index < -0.39 is 0 Å². The molecule has 30 heavy (non-hydrogen) atoms. The molecule has 0 aliphatic carbocycles. The fourth-order valence-corrected chi connectivity index (χ4v) is 3.24. The number of carbonyl (C=O) groups is 2. The van der Waals surface area contributed by atoms with Crippen molar-refractivity contribution >= 4 is 35.2 Å². The summed E-state index contributed by atoms with van der Waals surface area (Å²) in [5, 5.41) is 15.1. The molecule has 154 valence electrons. The molecule has 0 saturated carbocycles. The molecule has 2 heterocycles. The van der Waals surface area contributed by atoms with Crippen LogP contribution in [-0.2, 0) is 0 Å². The molecule has 9 heteroatoms. The van der Waals surface area contributed by atoms with Crippen molar-refractivity contribution in [1.82, 2.24) is 15.2 Å². The fraction of sp³-hybridized carbons (Fsp3) is 0.238. The van der Waals surface area contributed by atoms with Crippen molar-refractivity contribution in [3.05, 3.63) is 60.2 Å². The Morgan fingerprint density at radius 1 is 0.833 bits per heavy atom. The lowest BCUT2D eigenvalue weighted by atomic mass is 10.1. The minimum absolute atomic E-state index is 0.309. The molecule has 0 spiro atoms. The van der Waals surface area contributed by atoms with E-state index in [0.717, 1.165) is 25.9 Å². The van der Waals surface area contributed by atoms with Gasteiger partial charge < -0.3 is 15.5 Å².